The fraction of sp³-hybridized carbons (Fsp3) is 0.423. The number of carboxylic acid groups (broad SMARTS) is 1. The first-order valence-corrected chi connectivity index (χ1v) is 11.5. The Morgan fingerprint density at radius 2 is 1.62 bits per heavy atom. The van der Waals surface area contributed by atoms with Crippen molar-refractivity contribution in [2.75, 3.05) is 20.3 Å². The number of aliphatic carboxylic acids is 1. The molecule has 3 N–H and O–H groups in total. The molecule has 3 atom stereocenters. The quantitative estimate of drug-likeness (QED) is 0.465. The molecule has 0 radical (unpaired) electrons. The van der Waals surface area contributed by atoms with E-state index in [1.807, 2.05) is 43.3 Å². The van der Waals surface area contributed by atoms with Crippen LogP contribution in [0.3, 0.4) is 0 Å². The fourth-order valence-electron chi connectivity index (χ4n) is 4.26. The molecule has 1 aliphatic carbocycles. The first kappa shape index (κ1) is 25.2. The van der Waals surface area contributed by atoms with Crippen LogP contribution in [-0.2, 0) is 19.1 Å². The SMILES string of the molecule is CCC(CNC(=O)[C@@H](NC(=O)OCC1c2ccccc2-c2ccccc21)[C@@H](C)OC)CC(=O)O. The van der Waals surface area contributed by atoms with Gasteiger partial charge in [0.25, 0.3) is 0 Å². The first-order valence-electron chi connectivity index (χ1n) is 11.5. The van der Waals surface area contributed by atoms with Crippen LogP contribution in [0.15, 0.2) is 48.5 Å². The average Bonchev–Trinajstić information content (AvgIpc) is 3.16. The van der Waals surface area contributed by atoms with Gasteiger partial charge in [-0.25, -0.2) is 4.79 Å². The monoisotopic (exact) mass is 468 g/mol. The lowest BCUT2D eigenvalue weighted by Crippen LogP contribution is -2.53. The van der Waals surface area contributed by atoms with Crippen molar-refractivity contribution in [2.45, 2.75) is 44.8 Å². The van der Waals surface area contributed by atoms with Crippen molar-refractivity contribution >= 4 is 18.0 Å². The molecule has 0 spiro atoms. The molecule has 0 saturated carbocycles. The summed E-state index contributed by atoms with van der Waals surface area (Å²) in [6.45, 7) is 3.86. The van der Waals surface area contributed by atoms with Crippen LogP contribution in [0.25, 0.3) is 11.1 Å². The summed E-state index contributed by atoms with van der Waals surface area (Å²) >= 11 is 0. The maximum Gasteiger partial charge on any atom is 0.407 e. The molecule has 0 aromatic heterocycles. The van der Waals surface area contributed by atoms with Crippen molar-refractivity contribution < 1.29 is 29.0 Å². The van der Waals surface area contributed by atoms with Crippen molar-refractivity contribution in [1.82, 2.24) is 10.6 Å². The highest BCUT2D eigenvalue weighted by molar-refractivity contribution is 5.86. The predicted octanol–water partition coefficient (Wildman–Crippen LogP) is 3.55. The zero-order valence-electron chi connectivity index (χ0n) is 19.7. The predicted molar refractivity (Wildman–Crippen MR) is 128 cm³/mol. The van der Waals surface area contributed by atoms with Crippen LogP contribution in [0.5, 0.6) is 0 Å². The van der Waals surface area contributed by atoms with E-state index in [9.17, 15) is 14.4 Å². The number of hydrogen-bond donors (Lipinski definition) is 3. The highest BCUT2D eigenvalue weighted by Crippen LogP contribution is 2.44. The van der Waals surface area contributed by atoms with Crippen molar-refractivity contribution in [1.29, 1.82) is 0 Å². The highest BCUT2D eigenvalue weighted by Gasteiger charge is 2.31. The van der Waals surface area contributed by atoms with Gasteiger partial charge in [0, 0.05) is 26.0 Å². The normalized spacial score (nSPS) is 14.9. The summed E-state index contributed by atoms with van der Waals surface area (Å²) in [6, 6.07) is 15.1. The smallest absolute Gasteiger partial charge is 0.407 e. The van der Waals surface area contributed by atoms with Gasteiger partial charge in [-0.1, -0.05) is 61.9 Å². The van der Waals surface area contributed by atoms with Crippen LogP contribution in [0.2, 0.25) is 0 Å². The Kier molecular flexibility index (Phi) is 8.65. The number of methoxy groups -OCH3 is 1. The Morgan fingerprint density at radius 1 is 1.03 bits per heavy atom. The summed E-state index contributed by atoms with van der Waals surface area (Å²) < 4.78 is 10.8. The second-order valence-corrected chi connectivity index (χ2v) is 8.51. The van der Waals surface area contributed by atoms with Gasteiger partial charge in [0.05, 0.1) is 6.10 Å². The molecule has 0 aliphatic heterocycles. The van der Waals surface area contributed by atoms with Crippen molar-refractivity contribution in [3.63, 3.8) is 0 Å². The van der Waals surface area contributed by atoms with Gasteiger partial charge in [0.1, 0.15) is 12.6 Å². The number of alkyl carbamates (subject to hydrolysis) is 1. The molecule has 1 unspecified atom stereocenters. The van der Waals surface area contributed by atoms with Gasteiger partial charge in [-0.2, -0.15) is 0 Å². The number of benzene rings is 2. The van der Waals surface area contributed by atoms with Gasteiger partial charge in [-0.05, 0) is 35.1 Å². The number of nitrogens with one attached hydrogen (secondary N) is 2. The lowest BCUT2D eigenvalue weighted by Gasteiger charge is -2.24. The van der Waals surface area contributed by atoms with E-state index >= 15 is 0 Å². The summed E-state index contributed by atoms with van der Waals surface area (Å²) in [6.07, 6.45) is -0.763. The minimum atomic E-state index is -0.983. The Morgan fingerprint density at radius 3 is 2.15 bits per heavy atom. The second kappa shape index (κ2) is 11.7. The minimum Gasteiger partial charge on any atom is -0.481 e. The zero-order valence-corrected chi connectivity index (χ0v) is 19.7. The lowest BCUT2D eigenvalue weighted by molar-refractivity contribution is -0.138. The Bertz CT molecular complexity index is 978. The highest BCUT2D eigenvalue weighted by atomic mass is 16.5. The third kappa shape index (κ3) is 5.94. The number of carbonyl (C=O) groups is 3. The maximum absolute atomic E-state index is 12.8. The third-order valence-corrected chi connectivity index (χ3v) is 6.35. The van der Waals surface area contributed by atoms with E-state index in [2.05, 4.69) is 22.8 Å². The van der Waals surface area contributed by atoms with Crippen molar-refractivity contribution in [3.05, 3.63) is 59.7 Å². The van der Waals surface area contributed by atoms with E-state index in [-0.39, 0.29) is 31.4 Å². The molecule has 0 bridgehead atoms. The first-order chi connectivity index (χ1) is 16.3. The van der Waals surface area contributed by atoms with Gasteiger partial charge < -0.3 is 25.2 Å². The standard InChI is InChI=1S/C26H32N2O6/c1-4-17(13-23(29)30)14-27-25(31)24(16(2)33-3)28-26(32)34-15-22-20-11-7-5-9-18(20)19-10-6-8-12-21(19)22/h5-12,16-17,22,24H,4,13-15H2,1-3H3,(H,27,31)(H,28,32)(H,29,30)/t16-,17?,24+/m1/s1. The van der Waals surface area contributed by atoms with Crippen LogP contribution in [0, 0.1) is 5.92 Å². The van der Waals surface area contributed by atoms with Gasteiger partial charge >= 0.3 is 12.1 Å². The molecule has 1 aliphatic rings. The number of carbonyl (C=O) groups excluding carboxylic acids is 2. The molecule has 2 amide bonds. The summed E-state index contributed by atoms with van der Waals surface area (Å²) in [7, 11) is 1.45. The topological polar surface area (TPSA) is 114 Å². The molecule has 0 fully saturated rings. The summed E-state index contributed by atoms with van der Waals surface area (Å²) in [5.74, 6) is -1.66. The molecule has 182 valence electrons. The Hall–Kier alpha value is -3.39. The zero-order chi connectivity index (χ0) is 24.7. The van der Waals surface area contributed by atoms with Crippen molar-refractivity contribution in [3.8, 4) is 11.1 Å². The van der Waals surface area contributed by atoms with E-state index in [0.29, 0.717) is 6.42 Å². The molecule has 2 aromatic carbocycles. The van der Waals surface area contributed by atoms with Crippen LogP contribution in [-0.4, -0.2) is 55.5 Å². The fourth-order valence-corrected chi connectivity index (χ4v) is 4.26. The lowest BCUT2D eigenvalue weighted by atomic mass is 9.98. The van der Waals surface area contributed by atoms with Gasteiger partial charge in [0.2, 0.25) is 5.91 Å². The van der Waals surface area contributed by atoms with Gasteiger partial charge in [-0.3, -0.25) is 9.59 Å². The van der Waals surface area contributed by atoms with E-state index in [1.165, 1.54) is 7.11 Å². The van der Waals surface area contributed by atoms with Crippen LogP contribution in [0.1, 0.15) is 43.7 Å². The van der Waals surface area contributed by atoms with E-state index < -0.39 is 30.1 Å². The van der Waals surface area contributed by atoms with Crippen molar-refractivity contribution in [2.24, 2.45) is 5.92 Å². The number of fused-ring (bicyclic) bond motifs is 3. The molecule has 8 nitrogen and oxygen atoms in total. The molecule has 0 saturated heterocycles. The van der Waals surface area contributed by atoms with Crippen LogP contribution in [0.4, 0.5) is 4.79 Å². The van der Waals surface area contributed by atoms with E-state index in [1.54, 1.807) is 6.92 Å². The number of rotatable bonds is 11. The second-order valence-electron chi connectivity index (χ2n) is 8.51. The van der Waals surface area contributed by atoms with Gasteiger partial charge in [0.15, 0.2) is 0 Å². The molecular formula is C26H32N2O6. The number of amides is 2. The molecule has 34 heavy (non-hydrogen) atoms. The summed E-state index contributed by atoms with van der Waals surface area (Å²) in [4.78, 5) is 36.4. The molecule has 3 rings (SSSR count). The van der Waals surface area contributed by atoms with E-state index in [4.69, 9.17) is 14.6 Å². The number of ether oxygens (including phenoxy) is 2. The minimum absolute atomic E-state index is 0.0406. The molecule has 0 heterocycles. The van der Waals surface area contributed by atoms with E-state index in [0.717, 1.165) is 22.3 Å². The van der Waals surface area contributed by atoms with Crippen LogP contribution >= 0.6 is 0 Å². The molecule has 2 aromatic rings. The summed E-state index contributed by atoms with van der Waals surface area (Å²) in [5.41, 5.74) is 4.45. The third-order valence-electron chi connectivity index (χ3n) is 6.35. The number of hydrogen-bond acceptors (Lipinski definition) is 5. The van der Waals surface area contributed by atoms with Gasteiger partial charge in [-0.15, -0.1) is 0 Å². The van der Waals surface area contributed by atoms with Crippen LogP contribution < -0.4 is 10.6 Å². The maximum atomic E-state index is 12.8. The average molecular weight is 469 g/mol. The number of carboxylic acids is 1. The molecular weight excluding hydrogens is 436 g/mol. The largest absolute Gasteiger partial charge is 0.481 e. The Labute approximate surface area is 199 Å². The Balaban J connectivity index is 1.62. The molecule has 8 heteroatoms. The summed E-state index contributed by atoms with van der Waals surface area (Å²) in [5, 5.41) is 14.3.